The van der Waals surface area contributed by atoms with Crippen LogP contribution >= 0.6 is 0 Å². The highest BCUT2D eigenvalue weighted by Crippen LogP contribution is 2.25. The molecule has 2 saturated heterocycles. The zero-order valence-corrected chi connectivity index (χ0v) is 13.3. The minimum absolute atomic E-state index is 0.0261. The van der Waals surface area contributed by atoms with Crippen molar-refractivity contribution in [2.45, 2.75) is 38.1 Å². The molecule has 0 aliphatic carbocycles. The van der Waals surface area contributed by atoms with Crippen molar-refractivity contribution >= 4 is 11.8 Å². The standard InChI is InChI=1S/C17H24N2O4/c20-11-15-3-1-2-7-19(15)17(22)13-4-8-18(9-5-13)16(21)14-6-10-23-12-14/h6,10,12-13,15,20H,1-5,7-9,11H2. The van der Waals surface area contributed by atoms with Gasteiger partial charge in [0.2, 0.25) is 5.91 Å². The molecule has 126 valence electrons. The van der Waals surface area contributed by atoms with Gasteiger partial charge in [-0.05, 0) is 38.2 Å². The highest BCUT2D eigenvalue weighted by Gasteiger charge is 2.34. The van der Waals surface area contributed by atoms with Crippen LogP contribution in [0.25, 0.3) is 0 Å². The highest BCUT2D eigenvalue weighted by atomic mass is 16.3. The Hall–Kier alpha value is -1.82. The van der Waals surface area contributed by atoms with Gasteiger partial charge in [0.15, 0.2) is 0 Å². The molecule has 6 heteroatoms. The van der Waals surface area contributed by atoms with E-state index in [9.17, 15) is 14.7 Å². The topological polar surface area (TPSA) is 74.0 Å². The number of hydrogen-bond donors (Lipinski definition) is 1. The summed E-state index contributed by atoms with van der Waals surface area (Å²) in [6, 6.07) is 1.64. The first-order valence-corrected chi connectivity index (χ1v) is 8.43. The summed E-state index contributed by atoms with van der Waals surface area (Å²) in [5.41, 5.74) is 0.561. The largest absolute Gasteiger partial charge is 0.472 e. The zero-order chi connectivity index (χ0) is 16.2. The van der Waals surface area contributed by atoms with Gasteiger partial charge >= 0.3 is 0 Å². The fourth-order valence-electron chi connectivity index (χ4n) is 3.61. The number of aliphatic hydroxyl groups is 1. The Morgan fingerprint density at radius 3 is 2.61 bits per heavy atom. The van der Waals surface area contributed by atoms with Crippen LogP contribution in [0.1, 0.15) is 42.5 Å². The van der Waals surface area contributed by atoms with Gasteiger partial charge < -0.3 is 19.3 Å². The van der Waals surface area contributed by atoms with Crippen LogP contribution in [0.2, 0.25) is 0 Å². The van der Waals surface area contributed by atoms with E-state index >= 15 is 0 Å². The van der Waals surface area contributed by atoms with E-state index < -0.39 is 0 Å². The molecule has 2 aliphatic rings. The SMILES string of the molecule is O=C(c1ccoc1)N1CCC(C(=O)N2CCCCC2CO)CC1. The number of carbonyl (C=O) groups excluding carboxylic acids is 2. The van der Waals surface area contributed by atoms with Crippen molar-refractivity contribution in [3.05, 3.63) is 24.2 Å². The maximum Gasteiger partial charge on any atom is 0.257 e. The quantitative estimate of drug-likeness (QED) is 0.916. The normalized spacial score (nSPS) is 23.1. The molecule has 1 aromatic rings. The van der Waals surface area contributed by atoms with Crippen molar-refractivity contribution in [2.75, 3.05) is 26.2 Å². The third-order valence-electron chi connectivity index (χ3n) is 5.02. The number of furan rings is 1. The van der Waals surface area contributed by atoms with Gasteiger partial charge in [-0.25, -0.2) is 0 Å². The third kappa shape index (κ3) is 3.42. The number of rotatable bonds is 3. The van der Waals surface area contributed by atoms with E-state index in [4.69, 9.17) is 4.42 Å². The lowest BCUT2D eigenvalue weighted by atomic mass is 9.92. The summed E-state index contributed by atoms with van der Waals surface area (Å²) in [7, 11) is 0. The lowest BCUT2D eigenvalue weighted by molar-refractivity contribution is -0.141. The molecule has 2 fully saturated rings. The molecule has 1 unspecified atom stereocenters. The van der Waals surface area contributed by atoms with E-state index in [1.807, 2.05) is 4.90 Å². The molecule has 2 aliphatic heterocycles. The lowest BCUT2D eigenvalue weighted by Gasteiger charge is -2.39. The Balaban J connectivity index is 1.56. The monoisotopic (exact) mass is 320 g/mol. The summed E-state index contributed by atoms with van der Waals surface area (Å²) < 4.78 is 4.96. The van der Waals surface area contributed by atoms with Gasteiger partial charge in [-0.15, -0.1) is 0 Å². The molecule has 6 nitrogen and oxygen atoms in total. The van der Waals surface area contributed by atoms with Crippen molar-refractivity contribution in [2.24, 2.45) is 5.92 Å². The Morgan fingerprint density at radius 1 is 1.17 bits per heavy atom. The van der Waals surface area contributed by atoms with E-state index in [2.05, 4.69) is 0 Å². The molecule has 3 heterocycles. The van der Waals surface area contributed by atoms with Crippen molar-refractivity contribution in [3.8, 4) is 0 Å². The fourth-order valence-corrected chi connectivity index (χ4v) is 3.61. The van der Waals surface area contributed by atoms with Crippen LogP contribution in [-0.2, 0) is 4.79 Å². The van der Waals surface area contributed by atoms with Gasteiger partial charge in [0.05, 0.1) is 24.5 Å². The molecule has 0 spiro atoms. The van der Waals surface area contributed by atoms with Crippen LogP contribution in [0.15, 0.2) is 23.0 Å². The average molecular weight is 320 g/mol. The second-order valence-corrected chi connectivity index (χ2v) is 6.44. The first kappa shape index (κ1) is 16.1. The number of amides is 2. The number of piperidine rings is 2. The molecule has 2 amide bonds. The molecule has 0 saturated carbocycles. The summed E-state index contributed by atoms with van der Waals surface area (Å²) >= 11 is 0. The molecular formula is C17H24N2O4. The highest BCUT2D eigenvalue weighted by molar-refractivity contribution is 5.94. The van der Waals surface area contributed by atoms with E-state index in [1.165, 1.54) is 12.5 Å². The molecule has 0 aromatic carbocycles. The smallest absolute Gasteiger partial charge is 0.257 e. The Morgan fingerprint density at radius 2 is 1.96 bits per heavy atom. The third-order valence-corrected chi connectivity index (χ3v) is 5.02. The number of carbonyl (C=O) groups is 2. The second kappa shape index (κ2) is 7.17. The van der Waals surface area contributed by atoms with Crippen LogP contribution in [0, 0.1) is 5.92 Å². The molecular weight excluding hydrogens is 296 g/mol. The Labute approximate surface area is 136 Å². The maximum absolute atomic E-state index is 12.7. The minimum atomic E-state index is -0.0319. The summed E-state index contributed by atoms with van der Waals surface area (Å²) in [5.74, 6) is 0.0885. The zero-order valence-electron chi connectivity index (χ0n) is 13.3. The predicted molar refractivity (Wildman–Crippen MR) is 83.8 cm³/mol. The van der Waals surface area contributed by atoms with Crippen molar-refractivity contribution in [1.29, 1.82) is 0 Å². The Bertz CT molecular complexity index is 535. The summed E-state index contributed by atoms with van der Waals surface area (Å²) in [5, 5.41) is 9.47. The van der Waals surface area contributed by atoms with Gasteiger partial charge in [0.1, 0.15) is 6.26 Å². The van der Waals surface area contributed by atoms with Crippen LogP contribution in [0.3, 0.4) is 0 Å². The fraction of sp³-hybridized carbons (Fsp3) is 0.647. The summed E-state index contributed by atoms with van der Waals surface area (Å²) in [6.45, 7) is 1.98. The van der Waals surface area contributed by atoms with Crippen LogP contribution < -0.4 is 0 Å². The van der Waals surface area contributed by atoms with E-state index in [0.717, 1.165) is 25.8 Å². The molecule has 1 N–H and O–H groups in total. The first-order valence-electron chi connectivity index (χ1n) is 8.43. The number of aliphatic hydroxyl groups excluding tert-OH is 1. The molecule has 0 radical (unpaired) electrons. The van der Waals surface area contributed by atoms with E-state index in [0.29, 0.717) is 31.5 Å². The number of nitrogens with zero attached hydrogens (tertiary/aromatic N) is 2. The maximum atomic E-state index is 12.7. The minimum Gasteiger partial charge on any atom is -0.472 e. The van der Waals surface area contributed by atoms with Crippen molar-refractivity contribution in [3.63, 3.8) is 0 Å². The van der Waals surface area contributed by atoms with Crippen molar-refractivity contribution < 1.29 is 19.1 Å². The van der Waals surface area contributed by atoms with Crippen LogP contribution in [0.4, 0.5) is 0 Å². The van der Waals surface area contributed by atoms with Crippen LogP contribution in [0.5, 0.6) is 0 Å². The average Bonchev–Trinajstić information content (AvgIpc) is 3.15. The summed E-state index contributed by atoms with van der Waals surface area (Å²) in [6.07, 6.45) is 7.31. The van der Waals surface area contributed by atoms with E-state index in [1.54, 1.807) is 11.0 Å². The van der Waals surface area contributed by atoms with Gasteiger partial charge in [-0.1, -0.05) is 0 Å². The van der Waals surface area contributed by atoms with Gasteiger partial charge in [0.25, 0.3) is 5.91 Å². The Kier molecular flexibility index (Phi) is 5.00. The molecule has 0 bridgehead atoms. The predicted octanol–water partition coefficient (Wildman–Crippen LogP) is 1.51. The second-order valence-electron chi connectivity index (χ2n) is 6.44. The number of likely N-dealkylation sites (tertiary alicyclic amines) is 2. The molecule has 23 heavy (non-hydrogen) atoms. The summed E-state index contributed by atoms with van der Waals surface area (Å²) in [4.78, 5) is 28.6. The van der Waals surface area contributed by atoms with Gasteiger partial charge in [0, 0.05) is 25.6 Å². The molecule has 1 atom stereocenters. The lowest BCUT2D eigenvalue weighted by Crippen LogP contribution is -2.50. The molecule has 1 aromatic heterocycles. The molecule has 3 rings (SSSR count). The van der Waals surface area contributed by atoms with Gasteiger partial charge in [-0.2, -0.15) is 0 Å². The number of hydrogen-bond acceptors (Lipinski definition) is 4. The van der Waals surface area contributed by atoms with Gasteiger partial charge in [-0.3, -0.25) is 9.59 Å². The van der Waals surface area contributed by atoms with Crippen molar-refractivity contribution in [1.82, 2.24) is 9.80 Å². The van der Waals surface area contributed by atoms with E-state index in [-0.39, 0.29) is 30.4 Å². The first-order chi connectivity index (χ1) is 11.2. The van der Waals surface area contributed by atoms with Crippen LogP contribution in [-0.4, -0.2) is 59.0 Å².